The van der Waals surface area contributed by atoms with E-state index in [0.29, 0.717) is 0 Å². The molecule has 0 spiro atoms. The fraction of sp³-hybridized carbons (Fsp3) is 0.125. The summed E-state index contributed by atoms with van der Waals surface area (Å²) in [5, 5.41) is 10.9. The Morgan fingerprint density at radius 2 is 2.06 bits per heavy atom. The van der Waals surface area contributed by atoms with Crippen LogP contribution in [-0.4, -0.2) is 18.9 Å². The molecular formula is C8H8ClN3O4S. The van der Waals surface area contributed by atoms with Crippen molar-refractivity contribution in [1.29, 1.82) is 5.39 Å². The third-order valence-electron chi connectivity index (χ3n) is 1.66. The molecule has 0 aromatic heterocycles. The van der Waals surface area contributed by atoms with Crippen molar-refractivity contribution < 1.29 is 30.2 Å². The molecule has 0 radical (unpaired) electrons. The Morgan fingerprint density at radius 3 is 2.47 bits per heavy atom. The van der Waals surface area contributed by atoms with Crippen LogP contribution in [0.3, 0.4) is 0 Å². The summed E-state index contributed by atoms with van der Waals surface area (Å²) in [5.74, 6) is -0.358. The van der Waals surface area contributed by atoms with E-state index in [-0.39, 0.29) is 29.7 Å². The Kier molecular flexibility index (Phi) is 5.03. The monoisotopic (exact) mass is 277 g/mol. The highest BCUT2D eigenvalue weighted by molar-refractivity contribution is 7.86. The number of carbonyl (C=O) groups excluding carboxylic acids is 1. The minimum atomic E-state index is -4.46. The maximum absolute atomic E-state index is 10.8. The highest BCUT2D eigenvalue weighted by atomic mass is 35.5. The van der Waals surface area contributed by atoms with Gasteiger partial charge in [0.25, 0.3) is 0 Å². The van der Waals surface area contributed by atoms with Gasteiger partial charge in [-0.25, -0.2) is 0 Å². The summed E-state index contributed by atoms with van der Waals surface area (Å²) in [7, 11) is -4.46. The Labute approximate surface area is 104 Å². The number of anilines is 1. The highest BCUT2D eigenvalue weighted by Crippen LogP contribution is 2.27. The number of hydrogen-bond acceptors (Lipinski definition) is 4. The lowest BCUT2D eigenvalue weighted by Crippen LogP contribution is -3.00. The zero-order valence-corrected chi connectivity index (χ0v) is 10.2. The second-order valence-electron chi connectivity index (χ2n) is 2.94. The van der Waals surface area contributed by atoms with Gasteiger partial charge in [0.15, 0.2) is 9.87 Å². The van der Waals surface area contributed by atoms with Crippen LogP contribution >= 0.6 is 0 Å². The van der Waals surface area contributed by atoms with E-state index in [1.165, 1.54) is 13.0 Å². The summed E-state index contributed by atoms with van der Waals surface area (Å²) < 4.78 is 30.5. The lowest BCUT2D eigenvalue weighted by atomic mass is 10.3. The maximum Gasteiger partial charge on any atom is 0.408 e. The van der Waals surface area contributed by atoms with Crippen molar-refractivity contribution in [3.8, 4) is 0 Å². The molecule has 1 aromatic carbocycles. The zero-order chi connectivity index (χ0) is 12.3. The summed E-state index contributed by atoms with van der Waals surface area (Å²) in [6.07, 6.45) is 0. The number of carbonyl (C=O) groups is 1. The summed E-state index contributed by atoms with van der Waals surface area (Å²) >= 11 is 0. The number of hydrogen-bond donors (Lipinski definition) is 2. The van der Waals surface area contributed by atoms with Gasteiger partial charge in [0.1, 0.15) is 0 Å². The normalized spacial score (nSPS) is 9.94. The van der Waals surface area contributed by atoms with Gasteiger partial charge in [-0.05, 0) is 12.1 Å². The summed E-state index contributed by atoms with van der Waals surface area (Å²) in [5.41, 5.74) is -0.0959. The number of nitrogens with one attached hydrogen (secondary N) is 1. The van der Waals surface area contributed by atoms with Gasteiger partial charge in [0.2, 0.25) is 11.3 Å². The first-order valence-electron chi connectivity index (χ1n) is 4.09. The van der Waals surface area contributed by atoms with Crippen molar-refractivity contribution in [2.45, 2.75) is 11.8 Å². The van der Waals surface area contributed by atoms with Crippen LogP contribution in [0.4, 0.5) is 11.4 Å². The van der Waals surface area contributed by atoms with Crippen LogP contribution in [0.1, 0.15) is 6.92 Å². The first kappa shape index (κ1) is 15.3. The second kappa shape index (κ2) is 5.58. The third kappa shape index (κ3) is 3.99. The molecule has 0 aliphatic carbocycles. The molecule has 17 heavy (non-hydrogen) atoms. The Morgan fingerprint density at radius 1 is 1.47 bits per heavy atom. The van der Waals surface area contributed by atoms with Gasteiger partial charge >= 0.3 is 15.8 Å². The van der Waals surface area contributed by atoms with Crippen LogP contribution in [0.5, 0.6) is 0 Å². The molecule has 0 bridgehead atoms. The quantitative estimate of drug-likeness (QED) is 0.498. The molecule has 0 saturated heterocycles. The summed E-state index contributed by atoms with van der Waals surface area (Å²) in [6, 6.07) is 3.40. The van der Waals surface area contributed by atoms with Crippen molar-refractivity contribution >= 4 is 27.4 Å². The average Bonchev–Trinajstić information content (AvgIpc) is 2.14. The lowest BCUT2D eigenvalue weighted by Gasteiger charge is -2.00. The van der Waals surface area contributed by atoms with Gasteiger partial charge in [-0.3, -0.25) is 9.35 Å². The van der Waals surface area contributed by atoms with E-state index in [4.69, 9.17) is 9.95 Å². The number of rotatable bonds is 2. The first-order chi connectivity index (χ1) is 7.34. The van der Waals surface area contributed by atoms with Crippen LogP contribution in [0.2, 0.25) is 0 Å². The Balaban J connectivity index is 0.00000256. The molecule has 0 unspecified atom stereocenters. The number of halogens is 1. The predicted octanol–water partition coefficient (Wildman–Crippen LogP) is -1.62. The highest BCUT2D eigenvalue weighted by Gasteiger charge is 2.24. The first-order valence-corrected chi connectivity index (χ1v) is 5.53. The van der Waals surface area contributed by atoms with Gasteiger partial charge in [0, 0.05) is 12.6 Å². The van der Waals surface area contributed by atoms with Crippen LogP contribution in [0.15, 0.2) is 23.1 Å². The predicted molar refractivity (Wildman–Crippen MR) is 55.3 cm³/mol. The molecule has 1 aromatic rings. The van der Waals surface area contributed by atoms with Gasteiger partial charge in [-0.15, -0.1) is 0 Å². The number of benzene rings is 1. The fourth-order valence-corrected chi connectivity index (χ4v) is 1.70. The van der Waals surface area contributed by atoms with E-state index in [2.05, 4.69) is 10.3 Å². The molecule has 1 amide bonds. The van der Waals surface area contributed by atoms with E-state index in [9.17, 15) is 13.2 Å². The minimum absolute atomic E-state index is 0. The number of diazo groups is 1. The summed E-state index contributed by atoms with van der Waals surface area (Å²) in [4.78, 5) is 12.9. The van der Waals surface area contributed by atoms with Gasteiger partial charge < -0.3 is 17.7 Å². The average molecular weight is 278 g/mol. The van der Waals surface area contributed by atoms with Gasteiger partial charge in [-0.1, -0.05) is 0 Å². The molecule has 7 nitrogen and oxygen atoms in total. The molecule has 92 valence electrons. The molecule has 0 saturated carbocycles. The zero-order valence-electron chi connectivity index (χ0n) is 8.58. The Hall–Kier alpha value is -1.69. The number of amides is 1. The van der Waals surface area contributed by atoms with Crippen molar-refractivity contribution in [2.75, 3.05) is 5.32 Å². The van der Waals surface area contributed by atoms with Crippen LogP contribution in [0, 0.1) is 5.39 Å². The van der Waals surface area contributed by atoms with Gasteiger partial charge in [-0.2, -0.15) is 8.42 Å². The minimum Gasteiger partial charge on any atom is -1.00 e. The van der Waals surface area contributed by atoms with Crippen LogP contribution in [-0.2, 0) is 14.9 Å². The standard InChI is InChI=1S/C8H7N3O4S.ClH/c1-5(12)10-6-2-3-8(16(13,14)15)7(4-6)11-9;/h2-4H,1H3,(H-,10,12,13,14,15);1H. The molecule has 2 N–H and O–H groups in total. The molecule has 9 heteroatoms. The molecule has 0 heterocycles. The van der Waals surface area contributed by atoms with E-state index in [1.54, 1.807) is 0 Å². The smallest absolute Gasteiger partial charge is 0.408 e. The molecule has 1 rings (SSSR count). The Bertz CT molecular complexity index is 579. The van der Waals surface area contributed by atoms with Gasteiger partial charge in [0.05, 0.1) is 6.07 Å². The van der Waals surface area contributed by atoms with Crippen molar-refractivity contribution in [1.82, 2.24) is 0 Å². The van der Waals surface area contributed by atoms with E-state index in [1.807, 2.05) is 0 Å². The molecule has 0 aliphatic heterocycles. The largest absolute Gasteiger partial charge is 1.00 e. The topological polar surface area (TPSA) is 112 Å². The second-order valence-corrected chi connectivity index (χ2v) is 4.33. The van der Waals surface area contributed by atoms with E-state index < -0.39 is 15.0 Å². The molecule has 0 atom stereocenters. The summed E-state index contributed by atoms with van der Waals surface area (Å²) in [6.45, 7) is 1.27. The fourth-order valence-electron chi connectivity index (χ4n) is 1.09. The molecule has 0 fully saturated rings. The van der Waals surface area contributed by atoms with Crippen LogP contribution in [0.25, 0.3) is 4.98 Å². The van der Waals surface area contributed by atoms with Crippen molar-refractivity contribution in [3.05, 3.63) is 23.2 Å². The molecule has 0 aliphatic rings. The third-order valence-corrected chi connectivity index (χ3v) is 2.57. The lowest BCUT2D eigenvalue weighted by molar-refractivity contribution is -0.114. The van der Waals surface area contributed by atoms with E-state index >= 15 is 0 Å². The van der Waals surface area contributed by atoms with Crippen molar-refractivity contribution in [2.24, 2.45) is 0 Å². The maximum atomic E-state index is 10.8. The molecular weight excluding hydrogens is 270 g/mol. The van der Waals surface area contributed by atoms with Crippen molar-refractivity contribution in [3.63, 3.8) is 0 Å². The number of nitrogens with zero attached hydrogens (tertiary/aromatic N) is 2. The van der Waals surface area contributed by atoms with Crippen LogP contribution < -0.4 is 17.7 Å². The van der Waals surface area contributed by atoms with E-state index in [0.717, 1.165) is 12.1 Å². The SMILES string of the molecule is CC(=O)Nc1ccc(S(=O)(=O)O)c([N+]#N)c1.[Cl-].